The van der Waals surface area contributed by atoms with E-state index in [1.807, 2.05) is 0 Å². The Morgan fingerprint density at radius 3 is 2.80 bits per heavy atom. The number of hydrogen-bond acceptors (Lipinski definition) is 2. The molecule has 0 aromatic carbocycles. The Kier molecular flexibility index (Phi) is 2.32. The van der Waals surface area contributed by atoms with Crippen LogP contribution in [-0.4, -0.2) is 25.1 Å². The molecule has 0 bridgehead atoms. The first kappa shape index (κ1) is 8.02. The van der Waals surface area contributed by atoms with Gasteiger partial charge in [-0.3, -0.25) is 5.43 Å². The molecule has 0 amide bonds. The molecular formula is C8H18N2. The zero-order valence-corrected chi connectivity index (χ0v) is 7.28. The molecule has 1 fully saturated rings. The van der Waals surface area contributed by atoms with E-state index in [0.29, 0.717) is 5.41 Å². The largest absolute Gasteiger partial charge is 0.255 e. The summed E-state index contributed by atoms with van der Waals surface area (Å²) in [4.78, 5) is 0. The number of nitrogens with zero attached hydrogens (tertiary/aromatic N) is 1. The van der Waals surface area contributed by atoms with Crippen molar-refractivity contribution in [3.63, 3.8) is 0 Å². The Morgan fingerprint density at radius 2 is 2.10 bits per heavy atom. The lowest BCUT2D eigenvalue weighted by Gasteiger charge is -2.26. The molecule has 0 spiro atoms. The zero-order chi connectivity index (χ0) is 7.61. The quantitative estimate of drug-likeness (QED) is 0.547. The molecule has 1 aliphatic heterocycles. The minimum Gasteiger partial charge on any atom is -0.255 e. The molecule has 2 heteroatoms. The number of nitrogens with one attached hydrogen (secondary N) is 1. The monoisotopic (exact) mass is 142 g/mol. The van der Waals surface area contributed by atoms with Gasteiger partial charge in [0.05, 0.1) is 0 Å². The van der Waals surface area contributed by atoms with E-state index in [9.17, 15) is 0 Å². The molecule has 1 aliphatic rings. The van der Waals surface area contributed by atoms with Gasteiger partial charge in [-0.2, -0.15) is 0 Å². The Balaban J connectivity index is 2.46. The highest BCUT2D eigenvalue weighted by Crippen LogP contribution is 2.23. The normalized spacial score (nSPS) is 27.9. The third-order valence-corrected chi connectivity index (χ3v) is 2.08. The maximum absolute atomic E-state index is 3.33. The number of hydrogen-bond donors (Lipinski definition) is 1. The minimum atomic E-state index is 0.498. The highest BCUT2D eigenvalue weighted by Gasteiger charge is 2.21. The van der Waals surface area contributed by atoms with Crippen molar-refractivity contribution in [1.82, 2.24) is 10.4 Å². The van der Waals surface area contributed by atoms with E-state index in [-0.39, 0.29) is 0 Å². The second-order valence-corrected chi connectivity index (χ2v) is 4.03. The van der Waals surface area contributed by atoms with Crippen LogP contribution in [0, 0.1) is 5.41 Å². The summed E-state index contributed by atoms with van der Waals surface area (Å²) in [5.41, 5.74) is 3.83. The zero-order valence-electron chi connectivity index (χ0n) is 7.28. The summed E-state index contributed by atoms with van der Waals surface area (Å²) in [5.74, 6) is 0. The average molecular weight is 142 g/mol. The minimum absolute atomic E-state index is 0.498. The summed E-state index contributed by atoms with van der Waals surface area (Å²) in [6, 6.07) is 0. The highest BCUT2D eigenvalue weighted by atomic mass is 15.5. The van der Waals surface area contributed by atoms with Gasteiger partial charge in [-0.05, 0) is 18.3 Å². The predicted octanol–water partition coefficient (Wildman–Crippen LogP) is 1.24. The molecule has 1 rings (SSSR count). The third kappa shape index (κ3) is 2.27. The van der Waals surface area contributed by atoms with E-state index < -0.39 is 0 Å². The van der Waals surface area contributed by atoms with E-state index in [1.54, 1.807) is 0 Å². The van der Waals surface area contributed by atoms with Crippen molar-refractivity contribution >= 4 is 0 Å². The van der Waals surface area contributed by atoms with Crippen molar-refractivity contribution in [2.75, 3.05) is 20.1 Å². The Labute approximate surface area is 63.6 Å². The molecule has 1 heterocycles. The van der Waals surface area contributed by atoms with Crippen LogP contribution < -0.4 is 5.43 Å². The van der Waals surface area contributed by atoms with Crippen molar-refractivity contribution in [3.05, 3.63) is 0 Å². The Bertz CT molecular complexity index is 110. The predicted molar refractivity (Wildman–Crippen MR) is 43.6 cm³/mol. The van der Waals surface area contributed by atoms with Crippen LogP contribution in [0.1, 0.15) is 26.7 Å². The van der Waals surface area contributed by atoms with Crippen molar-refractivity contribution in [3.8, 4) is 0 Å². The second-order valence-electron chi connectivity index (χ2n) is 4.03. The molecule has 0 aromatic rings. The lowest BCUT2D eigenvalue weighted by Crippen LogP contribution is -2.37. The van der Waals surface area contributed by atoms with Crippen LogP contribution in [0.3, 0.4) is 0 Å². The van der Waals surface area contributed by atoms with E-state index >= 15 is 0 Å². The van der Waals surface area contributed by atoms with Gasteiger partial charge in [-0.1, -0.05) is 13.8 Å². The van der Waals surface area contributed by atoms with Crippen LogP contribution in [0.15, 0.2) is 0 Å². The molecule has 1 N–H and O–H groups in total. The fourth-order valence-corrected chi connectivity index (χ4v) is 1.61. The van der Waals surface area contributed by atoms with Gasteiger partial charge in [0.1, 0.15) is 0 Å². The molecule has 60 valence electrons. The molecule has 0 atom stereocenters. The summed E-state index contributed by atoms with van der Waals surface area (Å²) in [6.07, 6.45) is 2.64. The second kappa shape index (κ2) is 2.89. The first-order chi connectivity index (χ1) is 4.60. The SMILES string of the molecule is CN1CC(C)(C)CCCN1. The van der Waals surface area contributed by atoms with Gasteiger partial charge in [0.2, 0.25) is 0 Å². The van der Waals surface area contributed by atoms with Crippen LogP contribution in [0.2, 0.25) is 0 Å². The number of hydrazine groups is 1. The molecule has 0 aromatic heterocycles. The standard InChI is InChI=1S/C8H18N2/c1-8(2)5-4-6-9-10(3)7-8/h9H,4-7H2,1-3H3. The lowest BCUT2D eigenvalue weighted by molar-refractivity contribution is 0.179. The summed E-state index contributed by atoms with van der Waals surface area (Å²) in [7, 11) is 2.12. The van der Waals surface area contributed by atoms with Crippen molar-refractivity contribution < 1.29 is 0 Å². The first-order valence-electron chi connectivity index (χ1n) is 4.05. The van der Waals surface area contributed by atoms with Crippen LogP contribution in [0.5, 0.6) is 0 Å². The van der Waals surface area contributed by atoms with Gasteiger partial charge < -0.3 is 0 Å². The fraction of sp³-hybridized carbons (Fsp3) is 1.00. The molecule has 10 heavy (non-hydrogen) atoms. The molecule has 0 radical (unpaired) electrons. The molecular weight excluding hydrogens is 124 g/mol. The van der Waals surface area contributed by atoms with Gasteiger partial charge in [0, 0.05) is 20.1 Å². The molecule has 1 saturated heterocycles. The van der Waals surface area contributed by atoms with Gasteiger partial charge in [-0.15, -0.1) is 0 Å². The van der Waals surface area contributed by atoms with Crippen LogP contribution in [-0.2, 0) is 0 Å². The average Bonchev–Trinajstić information content (AvgIpc) is 1.90. The van der Waals surface area contributed by atoms with E-state index in [2.05, 4.69) is 31.3 Å². The van der Waals surface area contributed by atoms with Crippen molar-refractivity contribution in [2.24, 2.45) is 5.41 Å². The molecule has 0 aliphatic carbocycles. The van der Waals surface area contributed by atoms with Gasteiger partial charge in [-0.25, -0.2) is 5.01 Å². The molecule has 0 unspecified atom stereocenters. The highest BCUT2D eigenvalue weighted by molar-refractivity contribution is 4.74. The van der Waals surface area contributed by atoms with Crippen molar-refractivity contribution in [2.45, 2.75) is 26.7 Å². The van der Waals surface area contributed by atoms with Crippen LogP contribution in [0.25, 0.3) is 0 Å². The third-order valence-electron chi connectivity index (χ3n) is 2.08. The maximum Gasteiger partial charge on any atom is 0.0179 e. The molecule has 0 saturated carbocycles. The van der Waals surface area contributed by atoms with Crippen molar-refractivity contribution in [1.29, 1.82) is 0 Å². The summed E-state index contributed by atoms with van der Waals surface area (Å²) < 4.78 is 0. The van der Waals surface area contributed by atoms with Gasteiger partial charge in [0.25, 0.3) is 0 Å². The van der Waals surface area contributed by atoms with E-state index in [1.165, 1.54) is 12.8 Å². The Morgan fingerprint density at radius 1 is 1.40 bits per heavy atom. The maximum atomic E-state index is 3.33. The molecule has 2 nitrogen and oxygen atoms in total. The van der Waals surface area contributed by atoms with Gasteiger partial charge in [0.15, 0.2) is 0 Å². The van der Waals surface area contributed by atoms with E-state index in [0.717, 1.165) is 13.1 Å². The smallest absolute Gasteiger partial charge is 0.0179 e. The van der Waals surface area contributed by atoms with Crippen LogP contribution in [0.4, 0.5) is 0 Å². The first-order valence-corrected chi connectivity index (χ1v) is 4.05. The number of rotatable bonds is 0. The Hall–Kier alpha value is -0.0800. The topological polar surface area (TPSA) is 15.3 Å². The summed E-state index contributed by atoms with van der Waals surface area (Å²) in [6.45, 7) is 6.96. The lowest BCUT2D eigenvalue weighted by atomic mass is 9.88. The van der Waals surface area contributed by atoms with Gasteiger partial charge >= 0.3 is 0 Å². The fourth-order valence-electron chi connectivity index (χ4n) is 1.61. The van der Waals surface area contributed by atoms with Crippen LogP contribution >= 0.6 is 0 Å². The summed E-state index contributed by atoms with van der Waals surface area (Å²) >= 11 is 0. The summed E-state index contributed by atoms with van der Waals surface area (Å²) in [5, 5.41) is 2.20. The van der Waals surface area contributed by atoms with E-state index in [4.69, 9.17) is 0 Å².